The summed E-state index contributed by atoms with van der Waals surface area (Å²) >= 11 is 0. The maximum atomic E-state index is 11.8. The van der Waals surface area contributed by atoms with Crippen LogP contribution < -0.4 is 16.4 Å². The van der Waals surface area contributed by atoms with E-state index in [9.17, 15) is 9.90 Å². The number of anilines is 2. The van der Waals surface area contributed by atoms with E-state index >= 15 is 0 Å². The molecule has 0 aromatic carbocycles. The Kier molecular flexibility index (Phi) is 5.95. The zero-order valence-corrected chi connectivity index (χ0v) is 17.7. The van der Waals surface area contributed by atoms with Crippen molar-refractivity contribution in [3.63, 3.8) is 0 Å². The number of nitrogens with one attached hydrogen (secondary N) is 2. The number of primary amides is 1. The Hall–Kier alpha value is -1.63. The van der Waals surface area contributed by atoms with Crippen LogP contribution in [0.25, 0.3) is 0 Å². The molecule has 2 rings (SSSR count). The minimum atomic E-state index is -0.573. The fourth-order valence-electron chi connectivity index (χ4n) is 3.56. The van der Waals surface area contributed by atoms with Crippen LogP contribution in [0.15, 0.2) is 6.20 Å². The first kappa shape index (κ1) is 21.7. The summed E-state index contributed by atoms with van der Waals surface area (Å²) in [7, 11) is 8.66. The van der Waals surface area contributed by atoms with Gasteiger partial charge in [0.15, 0.2) is 0 Å². The number of nitrogens with zero attached hydrogens (tertiary/aromatic N) is 2. The predicted octanol–water partition coefficient (Wildman–Crippen LogP) is -2.12. The van der Waals surface area contributed by atoms with Crippen LogP contribution in [0.2, 0.25) is 10.4 Å². The van der Waals surface area contributed by atoms with Crippen molar-refractivity contribution >= 4 is 49.1 Å². The molecule has 144 valence electrons. The second-order valence-corrected chi connectivity index (χ2v) is 9.99. The lowest BCUT2D eigenvalue weighted by Crippen LogP contribution is -2.48. The summed E-state index contributed by atoms with van der Waals surface area (Å²) in [6.07, 6.45) is 3.38. The molecule has 3 unspecified atom stereocenters. The molecule has 1 amide bonds. The molecule has 1 aromatic rings. The molecule has 11 heteroatoms. The van der Waals surface area contributed by atoms with Gasteiger partial charge in [-0.25, -0.2) is 4.98 Å². The van der Waals surface area contributed by atoms with Gasteiger partial charge in [-0.05, 0) is 38.9 Å². The monoisotopic (exact) mass is 369 g/mol. The molecule has 1 saturated carbocycles. The van der Waals surface area contributed by atoms with Crippen LogP contribution in [0.1, 0.15) is 50.4 Å². The third-order valence-electron chi connectivity index (χ3n) is 5.85. The van der Waals surface area contributed by atoms with Gasteiger partial charge in [0.25, 0.3) is 5.91 Å². The highest BCUT2D eigenvalue weighted by molar-refractivity contribution is 6.62. The lowest BCUT2D eigenvalue weighted by Gasteiger charge is -2.51. The molecule has 5 N–H and O–H groups in total. The van der Waals surface area contributed by atoms with Gasteiger partial charge in [0.05, 0.1) is 35.2 Å². The Balaban J connectivity index is 2.21. The van der Waals surface area contributed by atoms with Crippen molar-refractivity contribution < 1.29 is 9.90 Å². The van der Waals surface area contributed by atoms with Gasteiger partial charge in [-0.15, -0.1) is 5.11 Å². The molecule has 1 aromatic heterocycles. The van der Waals surface area contributed by atoms with Crippen molar-refractivity contribution in [1.29, 1.82) is 0 Å². The molecule has 0 saturated heterocycles. The number of carbonyl (C=O) groups is 1. The minimum Gasteiger partial charge on any atom is -0.393 e. The highest BCUT2D eigenvalue weighted by Gasteiger charge is 2.46. The number of carbonyl (C=O) groups excluding carboxylic acids is 1. The minimum absolute atomic E-state index is 0.00842. The Labute approximate surface area is 165 Å². The van der Waals surface area contributed by atoms with E-state index in [0.29, 0.717) is 18.2 Å². The van der Waals surface area contributed by atoms with E-state index < -0.39 is 12.0 Å². The van der Waals surface area contributed by atoms with E-state index in [1.165, 1.54) is 6.20 Å². The molecular formula is C16H31B4N5O2. The number of aromatic nitrogens is 2. The van der Waals surface area contributed by atoms with Crippen molar-refractivity contribution in [1.82, 2.24) is 9.97 Å². The van der Waals surface area contributed by atoms with Gasteiger partial charge >= 0.3 is 0 Å². The highest BCUT2D eigenvalue weighted by Crippen LogP contribution is 2.53. The van der Waals surface area contributed by atoms with Gasteiger partial charge in [-0.2, -0.15) is 4.98 Å². The SMILES string of the molecule is BC(B)(B)C1(B)CCC(Nc2nc(NC(C)(C)C)ncc2C(N)=O)CC1O. The van der Waals surface area contributed by atoms with Crippen LogP contribution in [-0.2, 0) is 0 Å². The quantitative estimate of drug-likeness (QED) is 0.442. The zero-order valence-electron chi connectivity index (χ0n) is 17.7. The number of hydrogen-bond acceptors (Lipinski definition) is 6. The topological polar surface area (TPSA) is 113 Å². The van der Waals surface area contributed by atoms with E-state index in [0.717, 1.165) is 12.8 Å². The molecule has 1 aliphatic carbocycles. The molecule has 3 atom stereocenters. The van der Waals surface area contributed by atoms with Crippen molar-refractivity contribution in [3.05, 3.63) is 11.8 Å². The first-order valence-electron chi connectivity index (χ1n) is 9.62. The third-order valence-corrected chi connectivity index (χ3v) is 5.85. The Morgan fingerprint density at radius 1 is 1.37 bits per heavy atom. The van der Waals surface area contributed by atoms with Crippen LogP contribution >= 0.6 is 0 Å². The first-order chi connectivity index (χ1) is 12.2. The maximum Gasteiger partial charge on any atom is 0.254 e. The molecule has 1 aliphatic rings. The molecule has 0 bridgehead atoms. The number of amides is 1. The Morgan fingerprint density at radius 3 is 2.48 bits per heavy atom. The normalized spacial score (nSPS) is 26.4. The third kappa shape index (κ3) is 5.00. The molecule has 0 spiro atoms. The summed E-state index contributed by atoms with van der Waals surface area (Å²) in [6, 6.07) is 0.0194. The van der Waals surface area contributed by atoms with E-state index in [4.69, 9.17) is 5.73 Å². The van der Waals surface area contributed by atoms with Gasteiger partial charge in [0.2, 0.25) is 5.95 Å². The van der Waals surface area contributed by atoms with Gasteiger partial charge in [0, 0.05) is 17.8 Å². The summed E-state index contributed by atoms with van der Waals surface area (Å²) in [6.45, 7) is 6.03. The first-order valence-corrected chi connectivity index (χ1v) is 9.62. The number of aliphatic hydroxyl groups excluding tert-OH is 1. The second kappa shape index (κ2) is 7.41. The van der Waals surface area contributed by atoms with Crippen LogP contribution in [-0.4, -0.2) is 70.1 Å². The van der Waals surface area contributed by atoms with E-state index in [1.807, 2.05) is 20.8 Å². The van der Waals surface area contributed by atoms with Crippen LogP contribution in [0.4, 0.5) is 11.8 Å². The van der Waals surface area contributed by atoms with E-state index in [-0.39, 0.29) is 27.6 Å². The summed E-state index contributed by atoms with van der Waals surface area (Å²) < 4.78 is 0. The average Bonchev–Trinajstić information content (AvgIpc) is 2.48. The zero-order chi connectivity index (χ0) is 20.6. The molecule has 1 fully saturated rings. The summed E-state index contributed by atoms with van der Waals surface area (Å²) in [5.41, 5.74) is 5.55. The molecule has 7 nitrogen and oxygen atoms in total. The molecular weight excluding hydrogens is 337 g/mol. The molecule has 0 radical (unpaired) electrons. The largest absolute Gasteiger partial charge is 0.393 e. The van der Waals surface area contributed by atoms with E-state index in [2.05, 4.69) is 52.0 Å². The van der Waals surface area contributed by atoms with Crippen molar-refractivity contribution in [2.75, 3.05) is 10.6 Å². The van der Waals surface area contributed by atoms with Gasteiger partial charge in [-0.3, -0.25) is 4.79 Å². The van der Waals surface area contributed by atoms with Crippen molar-refractivity contribution in [2.45, 2.75) is 68.1 Å². The van der Waals surface area contributed by atoms with Crippen LogP contribution in [0.3, 0.4) is 0 Å². The highest BCUT2D eigenvalue weighted by atomic mass is 16.3. The fraction of sp³-hybridized carbons (Fsp3) is 0.688. The van der Waals surface area contributed by atoms with Crippen molar-refractivity contribution in [2.24, 2.45) is 5.73 Å². The van der Waals surface area contributed by atoms with Gasteiger partial charge in [-0.1, -0.05) is 6.42 Å². The lowest BCUT2D eigenvalue weighted by atomic mass is 9.25. The second-order valence-electron chi connectivity index (χ2n) is 9.99. The van der Waals surface area contributed by atoms with E-state index in [1.54, 1.807) is 0 Å². The number of hydrogen-bond donors (Lipinski definition) is 4. The molecule has 27 heavy (non-hydrogen) atoms. The maximum absolute atomic E-state index is 11.8. The molecule has 1 heterocycles. The average molecular weight is 369 g/mol. The Morgan fingerprint density at radius 2 is 2.00 bits per heavy atom. The summed E-state index contributed by atoms with van der Waals surface area (Å²) in [4.78, 5) is 20.5. The molecule has 0 aliphatic heterocycles. The standard InChI is InChI=1S/C16H31B4N5O2/c1-14(2,3)25-13-22-7-9(11(21)27)12(24-13)23-8-4-5-15(17,10(26)6-8)16(18,19)20/h7-8,10,26H,4-6,17-20H2,1-3H3,(H2,21,27)(H2,22,23,24,25). The Bertz CT molecular complexity index is 707. The predicted molar refractivity (Wildman–Crippen MR) is 121 cm³/mol. The summed E-state index contributed by atoms with van der Waals surface area (Å²) in [5, 5.41) is 17.2. The number of nitrogens with two attached hydrogens (primary N) is 1. The van der Waals surface area contributed by atoms with Crippen molar-refractivity contribution in [3.8, 4) is 0 Å². The smallest absolute Gasteiger partial charge is 0.254 e. The van der Waals surface area contributed by atoms with Crippen LogP contribution in [0.5, 0.6) is 0 Å². The van der Waals surface area contributed by atoms with Crippen LogP contribution in [0, 0.1) is 0 Å². The van der Waals surface area contributed by atoms with Gasteiger partial charge < -0.3 is 21.5 Å². The lowest BCUT2D eigenvalue weighted by molar-refractivity contribution is 0.0762. The number of aliphatic hydroxyl groups is 1. The summed E-state index contributed by atoms with van der Waals surface area (Å²) in [5.74, 6) is 0.280. The van der Waals surface area contributed by atoms with Gasteiger partial charge in [0.1, 0.15) is 13.7 Å². The fourth-order valence-corrected chi connectivity index (χ4v) is 3.56. The number of rotatable bonds is 5.